The quantitative estimate of drug-likeness (QED) is 0.885. The summed E-state index contributed by atoms with van der Waals surface area (Å²) in [6.45, 7) is 4.95. The number of hydrogen-bond donors (Lipinski definition) is 2. The van der Waals surface area contributed by atoms with Gasteiger partial charge in [-0.05, 0) is 30.2 Å². The lowest BCUT2D eigenvalue weighted by molar-refractivity contribution is 0.102. The number of carbonyl (C=O) groups is 1. The van der Waals surface area contributed by atoms with Gasteiger partial charge in [-0.2, -0.15) is 5.26 Å². The Morgan fingerprint density at radius 2 is 2.00 bits per heavy atom. The summed E-state index contributed by atoms with van der Waals surface area (Å²) in [6, 6.07) is 10.3. The van der Waals surface area contributed by atoms with Crippen molar-refractivity contribution in [3.05, 3.63) is 47.9 Å². The third-order valence-electron chi connectivity index (χ3n) is 2.86. The fourth-order valence-electron chi connectivity index (χ4n) is 1.71. The smallest absolute Gasteiger partial charge is 0.274 e. The summed E-state index contributed by atoms with van der Waals surface area (Å²) < 4.78 is 0. The minimum atomic E-state index is -0.320. The van der Waals surface area contributed by atoms with E-state index in [0.29, 0.717) is 23.0 Å². The van der Waals surface area contributed by atoms with Crippen LogP contribution in [0.5, 0.6) is 0 Å². The number of nitriles is 1. The Morgan fingerprint density at radius 1 is 1.27 bits per heavy atom. The maximum absolute atomic E-state index is 12.2. The Kier molecular flexibility index (Phi) is 5.04. The lowest BCUT2D eigenvalue weighted by Gasteiger charge is -2.09. The van der Waals surface area contributed by atoms with E-state index in [2.05, 4.69) is 34.4 Å². The molecule has 0 bridgehead atoms. The van der Waals surface area contributed by atoms with Gasteiger partial charge >= 0.3 is 0 Å². The predicted molar refractivity (Wildman–Crippen MR) is 84.5 cm³/mol. The molecule has 0 aliphatic heterocycles. The van der Waals surface area contributed by atoms with Crippen molar-refractivity contribution in [3.8, 4) is 6.07 Å². The molecule has 22 heavy (non-hydrogen) atoms. The summed E-state index contributed by atoms with van der Waals surface area (Å²) in [5.41, 5.74) is 1.44. The van der Waals surface area contributed by atoms with Crippen LogP contribution in [0.3, 0.4) is 0 Å². The summed E-state index contributed by atoms with van der Waals surface area (Å²) in [5.74, 6) is 0.777. The molecule has 6 nitrogen and oxygen atoms in total. The number of amides is 1. The Labute approximate surface area is 129 Å². The molecule has 1 amide bonds. The first-order chi connectivity index (χ1) is 10.6. The molecule has 0 saturated carbocycles. The lowest BCUT2D eigenvalue weighted by atomic mass is 10.2. The highest BCUT2D eigenvalue weighted by Gasteiger charge is 2.09. The van der Waals surface area contributed by atoms with E-state index in [0.717, 1.165) is 6.54 Å². The van der Waals surface area contributed by atoms with Gasteiger partial charge in [0.2, 0.25) is 0 Å². The molecule has 0 spiro atoms. The first kappa shape index (κ1) is 15.4. The van der Waals surface area contributed by atoms with Crippen LogP contribution in [0.25, 0.3) is 0 Å². The van der Waals surface area contributed by atoms with Gasteiger partial charge in [-0.25, -0.2) is 9.97 Å². The van der Waals surface area contributed by atoms with E-state index in [9.17, 15) is 4.79 Å². The van der Waals surface area contributed by atoms with Crippen molar-refractivity contribution in [1.82, 2.24) is 9.97 Å². The van der Waals surface area contributed by atoms with E-state index in [1.165, 1.54) is 6.33 Å². The van der Waals surface area contributed by atoms with Crippen molar-refractivity contribution < 1.29 is 4.79 Å². The first-order valence-electron chi connectivity index (χ1n) is 6.96. The van der Waals surface area contributed by atoms with Gasteiger partial charge in [0.15, 0.2) is 0 Å². The van der Waals surface area contributed by atoms with Crippen LogP contribution in [-0.2, 0) is 0 Å². The Balaban J connectivity index is 2.05. The third-order valence-corrected chi connectivity index (χ3v) is 2.86. The highest BCUT2D eigenvalue weighted by atomic mass is 16.1. The van der Waals surface area contributed by atoms with Crippen LogP contribution in [-0.4, -0.2) is 22.4 Å². The van der Waals surface area contributed by atoms with E-state index in [1.807, 2.05) is 6.07 Å². The molecule has 2 aromatic rings. The molecule has 2 N–H and O–H groups in total. The van der Waals surface area contributed by atoms with Crippen LogP contribution in [0, 0.1) is 17.2 Å². The molecule has 2 rings (SSSR count). The van der Waals surface area contributed by atoms with Gasteiger partial charge in [-0.15, -0.1) is 0 Å². The maximum Gasteiger partial charge on any atom is 0.274 e. The molecular weight excluding hydrogens is 278 g/mol. The van der Waals surface area contributed by atoms with Crippen LogP contribution < -0.4 is 10.6 Å². The second kappa shape index (κ2) is 7.18. The molecule has 0 atom stereocenters. The molecule has 1 heterocycles. The molecular formula is C16H17N5O. The molecule has 0 aliphatic rings. The molecule has 112 valence electrons. The van der Waals surface area contributed by atoms with Gasteiger partial charge in [0.25, 0.3) is 5.91 Å². The summed E-state index contributed by atoms with van der Waals surface area (Å²) >= 11 is 0. The fraction of sp³-hybridized carbons (Fsp3) is 0.250. The van der Waals surface area contributed by atoms with Crippen molar-refractivity contribution in [2.24, 2.45) is 5.92 Å². The zero-order valence-electron chi connectivity index (χ0n) is 12.5. The number of nitrogens with one attached hydrogen (secondary N) is 2. The molecule has 0 aliphatic carbocycles. The second-order valence-corrected chi connectivity index (χ2v) is 5.21. The van der Waals surface area contributed by atoms with Gasteiger partial charge in [-0.1, -0.05) is 13.8 Å². The van der Waals surface area contributed by atoms with E-state index in [4.69, 9.17) is 5.26 Å². The predicted octanol–water partition coefficient (Wildman–Crippen LogP) is 2.67. The zero-order chi connectivity index (χ0) is 15.9. The Hall–Kier alpha value is -2.94. The van der Waals surface area contributed by atoms with Crippen molar-refractivity contribution in [2.45, 2.75) is 13.8 Å². The minimum absolute atomic E-state index is 0.283. The van der Waals surface area contributed by atoms with Gasteiger partial charge < -0.3 is 10.6 Å². The largest absolute Gasteiger partial charge is 0.370 e. The lowest BCUT2D eigenvalue weighted by Crippen LogP contribution is -2.15. The van der Waals surface area contributed by atoms with Gasteiger partial charge in [0.05, 0.1) is 11.6 Å². The van der Waals surface area contributed by atoms with E-state index in [-0.39, 0.29) is 11.6 Å². The maximum atomic E-state index is 12.2. The molecule has 6 heteroatoms. The summed E-state index contributed by atoms with van der Waals surface area (Å²) in [6.07, 6.45) is 1.36. The highest BCUT2D eigenvalue weighted by molar-refractivity contribution is 6.03. The topological polar surface area (TPSA) is 90.7 Å². The molecule has 0 radical (unpaired) electrons. The summed E-state index contributed by atoms with van der Waals surface area (Å²) in [7, 11) is 0. The number of benzene rings is 1. The van der Waals surface area contributed by atoms with Gasteiger partial charge in [0.1, 0.15) is 17.8 Å². The van der Waals surface area contributed by atoms with Crippen molar-refractivity contribution >= 4 is 17.4 Å². The van der Waals surface area contributed by atoms with Crippen LogP contribution in [0.4, 0.5) is 11.5 Å². The average molecular weight is 295 g/mol. The van der Waals surface area contributed by atoms with Crippen LogP contribution in [0.1, 0.15) is 29.9 Å². The fourth-order valence-corrected chi connectivity index (χ4v) is 1.71. The van der Waals surface area contributed by atoms with Crippen molar-refractivity contribution in [1.29, 1.82) is 5.26 Å². The number of nitrogens with zero attached hydrogens (tertiary/aromatic N) is 3. The Morgan fingerprint density at radius 3 is 2.64 bits per heavy atom. The average Bonchev–Trinajstić information content (AvgIpc) is 2.54. The molecule has 1 aromatic heterocycles. The number of rotatable bonds is 5. The standard InChI is InChI=1S/C16H17N5O/c1-11(2)9-18-15-7-14(19-10-20-15)16(22)21-13-5-3-12(8-17)4-6-13/h3-7,10-11H,9H2,1-2H3,(H,21,22)(H,18,19,20). The normalized spacial score (nSPS) is 10.1. The second-order valence-electron chi connectivity index (χ2n) is 5.21. The molecule has 0 fully saturated rings. The minimum Gasteiger partial charge on any atom is -0.370 e. The van der Waals surface area contributed by atoms with E-state index < -0.39 is 0 Å². The first-order valence-corrected chi connectivity index (χ1v) is 6.96. The van der Waals surface area contributed by atoms with Gasteiger partial charge in [-0.3, -0.25) is 4.79 Å². The number of carbonyl (C=O) groups excluding carboxylic acids is 1. The Bertz CT molecular complexity index is 688. The van der Waals surface area contributed by atoms with Crippen LogP contribution in [0.15, 0.2) is 36.7 Å². The molecule has 0 saturated heterocycles. The third kappa shape index (κ3) is 4.28. The van der Waals surface area contributed by atoms with E-state index >= 15 is 0 Å². The van der Waals surface area contributed by atoms with Crippen molar-refractivity contribution in [2.75, 3.05) is 17.2 Å². The monoisotopic (exact) mass is 295 g/mol. The highest BCUT2D eigenvalue weighted by Crippen LogP contribution is 2.11. The summed E-state index contributed by atoms with van der Waals surface area (Å²) in [5, 5.41) is 14.6. The molecule has 1 aromatic carbocycles. The number of hydrogen-bond acceptors (Lipinski definition) is 5. The van der Waals surface area contributed by atoms with Crippen LogP contribution in [0.2, 0.25) is 0 Å². The number of aromatic nitrogens is 2. The zero-order valence-corrected chi connectivity index (χ0v) is 12.5. The van der Waals surface area contributed by atoms with Gasteiger partial charge in [0, 0.05) is 18.3 Å². The SMILES string of the molecule is CC(C)CNc1cc(C(=O)Nc2ccc(C#N)cc2)ncn1. The molecule has 0 unspecified atom stereocenters. The number of anilines is 2. The summed E-state index contributed by atoms with van der Waals surface area (Å²) in [4.78, 5) is 20.2. The van der Waals surface area contributed by atoms with Crippen LogP contribution >= 0.6 is 0 Å². The van der Waals surface area contributed by atoms with E-state index in [1.54, 1.807) is 30.3 Å². The van der Waals surface area contributed by atoms with Crippen molar-refractivity contribution in [3.63, 3.8) is 0 Å².